The van der Waals surface area contributed by atoms with E-state index >= 15 is 0 Å². The summed E-state index contributed by atoms with van der Waals surface area (Å²) in [4.78, 5) is 15.9. The zero-order chi connectivity index (χ0) is 13.2. The van der Waals surface area contributed by atoms with Crippen LogP contribution < -0.4 is 10.6 Å². The van der Waals surface area contributed by atoms with Gasteiger partial charge in [0.2, 0.25) is 5.91 Å². The second-order valence-corrected chi connectivity index (χ2v) is 4.88. The first kappa shape index (κ1) is 12.4. The van der Waals surface area contributed by atoms with E-state index in [4.69, 9.17) is 0 Å². The van der Waals surface area contributed by atoms with Crippen molar-refractivity contribution in [3.8, 4) is 0 Å². The van der Waals surface area contributed by atoms with Crippen LogP contribution in [0.1, 0.15) is 13.8 Å². The van der Waals surface area contributed by atoms with Crippen molar-refractivity contribution in [1.29, 1.82) is 0 Å². The van der Waals surface area contributed by atoms with Crippen LogP contribution in [-0.4, -0.2) is 28.9 Å². The Hall–Kier alpha value is -2.04. The summed E-state index contributed by atoms with van der Waals surface area (Å²) in [6.07, 6.45) is 3.65. The quantitative estimate of drug-likeness (QED) is 0.860. The number of carbonyl (C=O) groups is 1. The van der Waals surface area contributed by atoms with Gasteiger partial charge in [0.05, 0.1) is 5.41 Å². The topological polar surface area (TPSA) is 58.4 Å². The van der Waals surface area contributed by atoms with Crippen molar-refractivity contribution in [2.45, 2.75) is 13.8 Å². The molecule has 18 heavy (non-hydrogen) atoms. The molecule has 0 fully saturated rings. The van der Waals surface area contributed by atoms with E-state index in [1.165, 1.54) is 0 Å². The van der Waals surface area contributed by atoms with E-state index in [1.54, 1.807) is 13.2 Å². The van der Waals surface area contributed by atoms with Crippen molar-refractivity contribution in [1.82, 2.24) is 14.7 Å². The number of imidazole rings is 1. The number of carbonyl (C=O) groups excluding carboxylic acids is 1. The fourth-order valence-electron chi connectivity index (χ4n) is 1.82. The highest BCUT2D eigenvalue weighted by Gasteiger charge is 2.26. The summed E-state index contributed by atoms with van der Waals surface area (Å²) in [6.45, 7) is 4.38. The summed E-state index contributed by atoms with van der Waals surface area (Å²) >= 11 is 0. The number of amides is 1. The Morgan fingerprint density at radius 1 is 1.44 bits per heavy atom. The maximum absolute atomic E-state index is 11.7. The van der Waals surface area contributed by atoms with Gasteiger partial charge in [-0.25, -0.2) is 4.98 Å². The minimum absolute atomic E-state index is 0.0211. The van der Waals surface area contributed by atoms with Crippen LogP contribution in [0.3, 0.4) is 0 Å². The van der Waals surface area contributed by atoms with Crippen LogP contribution >= 0.6 is 0 Å². The molecule has 0 saturated heterocycles. The average Bonchev–Trinajstić information content (AvgIpc) is 2.84. The van der Waals surface area contributed by atoms with Gasteiger partial charge in [0.1, 0.15) is 11.5 Å². The second kappa shape index (κ2) is 4.68. The molecule has 0 spiro atoms. The maximum Gasteiger partial charge on any atom is 0.227 e. The molecule has 0 aromatic carbocycles. The van der Waals surface area contributed by atoms with Gasteiger partial charge in [-0.2, -0.15) is 0 Å². The molecule has 0 aliphatic rings. The third-order valence-electron chi connectivity index (χ3n) is 2.98. The van der Waals surface area contributed by atoms with Crippen LogP contribution in [-0.2, 0) is 4.79 Å². The third-order valence-corrected chi connectivity index (χ3v) is 2.98. The molecule has 2 N–H and O–H groups in total. The lowest BCUT2D eigenvalue weighted by molar-refractivity contribution is -0.128. The normalized spacial score (nSPS) is 11.5. The Bertz CT molecular complexity index is 559. The molecule has 2 rings (SSSR count). The lowest BCUT2D eigenvalue weighted by Crippen LogP contribution is -2.39. The lowest BCUT2D eigenvalue weighted by atomic mass is 9.92. The van der Waals surface area contributed by atoms with Gasteiger partial charge in [-0.05, 0) is 26.0 Å². The number of hydrogen-bond acceptors (Lipinski definition) is 3. The third kappa shape index (κ3) is 2.30. The van der Waals surface area contributed by atoms with Crippen LogP contribution in [0.2, 0.25) is 0 Å². The summed E-state index contributed by atoms with van der Waals surface area (Å²) in [6, 6.07) is 5.85. The SMILES string of the molecule is CNC(=O)C(C)(C)CNc1cccc2nccn12. The highest BCUT2D eigenvalue weighted by molar-refractivity contribution is 5.82. The maximum atomic E-state index is 11.7. The molecule has 0 unspecified atom stereocenters. The number of anilines is 1. The Labute approximate surface area is 106 Å². The fraction of sp³-hybridized carbons (Fsp3) is 0.385. The summed E-state index contributed by atoms with van der Waals surface area (Å²) in [5.74, 6) is 0.954. The molecule has 0 aliphatic heterocycles. The molecule has 0 atom stereocenters. The van der Waals surface area contributed by atoms with Gasteiger partial charge in [-0.15, -0.1) is 0 Å². The molecule has 5 nitrogen and oxygen atoms in total. The minimum Gasteiger partial charge on any atom is -0.370 e. The fourth-order valence-corrected chi connectivity index (χ4v) is 1.82. The van der Waals surface area contributed by atoms with Gasteiger partial charge in [-0.1, -0.05) is 6.07 Å². The monoisotopic (exact) mass is 246 g/mol. The van der Waals surface area contributed by atoms with E-state index in [-0.39, 0.29) is 5.91 Å². The van der Waals surface area contributed by atoms with Crippen LogP contribution in [0.4, 0.5) is 5.82 Å². The molecule has 2 aromatic rings. The van der Waals surface area contributed by atoms with E-state index in [0.29, 0.717) is 6.54 Å². The number of rotatable bonds is 4. The molecule has 5 heteroatoms. The standard InChI is InChI=1S/C13H18N4O/c1-13(2,12(18)14-3)9-16-11-6-4-5-10-15-7-8-17(10)11/h4-8,16H,9H2,1-3H3,(H,14,18). The molecule has 1 amide bonds. The summed E-state index contributed by atoms with van der Waals surface area (Å²) in [5, 5.41) is 5.97. The van der Waals surface area contributed by atoms with Gasteiger partial charge in [0.15, 0.2) is 0 Å². The predicted octanol–water partition coefficient (Wildman–Crippen LogP) is 1.52. The molecule has 0 radical (unpaired) electrons. The zero-order valence-electron chi connectivity index (χ0n) is 10.9. The van der Waals surface area contributed by atoms with E-state index < -0.39 is 5.41 Å². The number of hydrogen-bond donors (Lipinski definition) is 2. The summed E-state index contributed by atoms with van der Waals surface area (Å²) in [7, 11) is 1.65. The van der Waals surface area contributed by atoms with E-state index in [9.17, 15) is 4.79 Å². The van der Waals surface area contributed by atoms with Crippen LogP contribution in [0.25, 0.3) is 5.65 Å². The Balaban J connectivity index is 2.15. The van der Waals surface area contributed by atoms with Crippen molar-refractivity contribution < 1.29 is 4.79 Å². The summed E-state index contributed by atoms with van der Waals surface area (Å²) < 4.78 is 1.96. The molecular weight excluding hydrogens is 228 g/mol. The molecular formula is C13H18N4O. The Kier molecular flexibility index (Phi) is 3.23. The van der Waals surface area contributed by atoms with Crippen LogP contribution in [0.15, 0.2) is 30.6 Å². The van der Waals surface area contributed by atoms with Crippen molar-refractivity contribution in [3.63, 3.8) is 0 Å². The number of fused-ring (bicyclic) bond motifs is 1. The molecule has 0 saturated carbocycles. The molecule has 2 heterocycles. The van der Waals surface area contributed by atoms with Gasteiger partial charge < -0.3 is 10.6 Å². The number of pyridine rings is 1. The summed E-state index contributed by atoms with van der Waals surface area (Å²) in [5.41, 5.74) is 0.426. The first-order valence-electron chi connectivity index (χ1n) is 5.93. The first-order chi connectivity index (χ1) is 8.54. The first-order valence-corrected chi connectivity index (χ1v) is 5.93. The number of aromatic nitrogens is 2. The predicted molar refractivity (Wildman–Crippen MR) is 71.5 cm³/mol. The lowest BCUT2D eigenvalue weighted by Gasteiger charge is -2.23. The van der Waals surface area contributed by atoms with Crippen molar-refractivity contribution in [2.24, 2.45) is 5.41 Å². The molecule has 2 aromatic heterocycles. The highest BCUT2D eigenvalue weighted by Crippen LogP contribution is 2.17. The van der Waals surface area contributed by atoms with E-state index in [2.05, 4.69) is 15.6 Å². The van der Waals surface area contributed by atoms with E-state index in [0.717, 1.165) is 11.5 Å². The Morgan fingerprint density at radius 3 is 2.94 bits per heavy atom. The molecule has 0 aliphatic carbocycles. The zero-order valence-corrected chi connectivity index (χ0v) is 10.9. The Morgan fingerprint density at radius 2 is 2.22 bits per heavy atom. The molecule has 0 bridgehead atoms. The van der Waals surface area contributed by atoms with Crippen molar-refractivity contribution in [2.75, 3.05) is 18.9 Å². The van der Waals surface area contributed by atoms with Crippen molar-refractivity contribution in [3.05, 3.63) is 30.6 Å². The van der Waals surface area contributed by atoms with Crippen LogP contribution in [0, 0.1) is 5.41 Å². The largest absolute Gasteiger partial charge is 0.370 e. The van der Waals surface area contributed by atoms with Gasteiger partial charge >= 0.3 is 0 Å². The number of nitrogens with one attached hydrogen (secondary N) is 2. The number of nitrogens with zero attached hydrogens (tertiary/aromatic N) is 2. The van der Waals surface area contributed by atoms with Gasteiger partial charge in [-0.3, -0.25) is 9.20 Å². The highest BCUT2D eigenvalue weighted by atomic mass is 16.2. The van der Waals surface area contributed by atoms with Crippen LogP contribution in [0.5, 0.6) is 0 Å². The molecule has 96 valence electrons. The average molecular weight is 246 g/mol. The van der Waals surface area contributed by atoms with Gasteiger partial charge in [0.25, 0.3) is 0 Å². The van der Waals surface area contributed by atoms with Crippen molar-refractivity contribution >= 4 is 17.4 Å². The van der Waals surface area contributed by atoms with Gasteiger partial charge in [0, 0.05) is 26.0 Å². The smallest absolute Gasteiger partial charge is 0.227 e. The van der Waals surface area contributed by atoms with E-state index in [1.807, 2.05) is 42.6 Å². The minimum atomic E-state index is -0.461. The second-order valence-electron chi connectivity index (χ2n) is 4.88.